The molecule has 0 amide bonds. The van der Waals surface area contributed by atoms with Crippen LogP contribution in [0.15, 0.2) is 34.7 Å². The maximum absolute atomic E-state index is 12.2. The molecule has 2 unspecified atom stereocenters. The summed E-state index contributed by atoms with van der Waals surface area (Å²) in [7, 11) is -0.798. The van der Waals surface area contributed by atoms with Gasteiger partial charge in [0.15, 0.2) is 0 Å². The summed E-state index contributed by atoms with van der Waals surface area (Å²) in [4.78, 5) is 0. The molecule has 1 heterocycles. The van der Waals surface area contributed by atoms with Gasteiger partial charge < -0.3 is 9.73 Å². The minimum Gasteiger partial charge on any atom is -0.459 e. The van der Waals surface area contributed by atoms with Gasteiger partial charge in [-0.15, -0.1) is 0 Å². The summed E-state index contributed by atoms with van der Waals surface area (Å²) in [5.74, 6) is 2.30. The van der Waals surface area contributed by atoms with E-state index in [9.17, 15) is 4.21 Å². The molecule has 0 aliphatic rings. The van der Waals surface area contributed by atoms with E-state index in [-0.39, 0.29) is 6.04 Å². The standard InChI is InChI=1S/C17H25NO2S/c1-3-5-8-11-21(19)13-15(18-4-2)17-12-14-9-6-7-10-16(14)20-17/h6-7,9-10,12,15,18H,3-5,8,11,13H2,1-2H3. The fourth-order valence-electron chi connectivity index (χ4n) is 2.44. The van der Waals surface area contributed by atoms with E-state index in [0.29, 0.717) is 5.75 Å². The Kier molecular flexibility index (Phi) is 6.46. The van der Waals surface area contributed by atoms with E-state index in [1.807, 2.05) is 24.3 Å². The van der Waals surface area contributed by atoms with Crippen LogP contribution in [0.3, 0.4) is 0 Å². The molecule has 0 fully saturated rings. The van der Waals surface area contributed by atoms with Gasteiger partial charge in [0.1, 0.15) is 11.3 Å². The predicted octanol–water partition coefficient (Wildman–Crippen LogP) is 4.02. The Morgan fingerprint density at radius 3 is 2.76 bits per heavy atom. The average molecular weight is 307 g/mol. The fourth-order valence-corrected chi connectivity index (χ4v) is 3.79. The molecule has 2 atom stereocenters. The van der Waals surface area contributed by atoms with E-state index in [2.05, 4.69) is 25.2 Å². The van der Waals surface area contributed by atoms with Crippen LogP contribution in [0.1, 0.15) is 44.9 Å². The van der Waals surface area contributed by atoms with Crippen molar-refractivity contribution in [2.75, 3.05) is 18.1 Å². The second-order valence-corrected chi connectivity index (χ2v) is 6.94. The van der Waals surface area contributed by atoms with Crippen LogP contribution in [-0.2, 0) is 10.8 Å². The largest absolute Gasteiger partial charge is 0.459 e. The molecule has 0 bridgehead atoms. The number of fused-ring (bicyclic) bond motifs is 1. The zero-order valence-corrected chi connectivity index (χ0v) is 13.7. The smallest absolute Gasteiger partial charge is 0.134 e. The Labute approximate surface area is 129 Å². The second-order valence-electron chi connectivity index (χ2n) is 5.31. The molecule has 0 aliphatic carbocycles. The van der Waals surface area contributed by atoms with Crippen LogP contribution < -0.4 is 5.32 Å². The van der Waals surface area contributed by atoms with Gasteiger partial charge in [-0.25, -0.2) is 0 Å². The molecule has 2 aromatic rings. The van der Waals surface area contributed by atoms with Crippen LogP contribution in [0.2, 0.25) is 0 Å². The van der Waals surface area contributed by atoms with Crippen LogP contribution in [0.25, 0.3) is 11.0 Å². The Morgan fingerprint density at radius 1 is 1.24 bits per heavy atom. The van der Waals surface area contributed by atoms with Crippen molar-refractivity contribution in [3.63, 3.8) is 0 Å². The SMILES string of the molecule is CCCCCS(=O)CC(NCC)c1cc2ccccc2o1. The van der Waals surface area contributed by atoms with E-state index in [0.717, 1.165) is 48.3 Å². The van der Waals surface area contributed by atoms with Crippen LogP contribution in [0, 0.1) is 0 Å². The van der Waals surface area contributed by atoms with Gasteiger partial charge in [-0.05, 0) is 25.1 Å². The molecular formula is C17H25NO2S. The first kappa shape index (κ1) is 16.2. The molecule has 1 aromatic heterocycles. The highest BCUT2D eigenvalue weighted by molar-refractivity contribution is 7.85. The van der Waals surface area contributed by atoms with Gasteiger partial charge in [0, 0.05) is 27.7 Å². The number of nitrogens with one attached hydrogen (secondary N) is 1. The van der Waals surface area contributed by atoms with E-state index in [1.54, 1.807) is 0 Å². The third-order valence-corrected chi connectivity index (χ3v) is 5.02. The predicted molar refractivity (Wildman–Crippen MR) is 90.0 cm³/mol. The molecule has 21 heavy (non-hydrogen) atoms. The molecule has 0 saturated heterocycles. The summed E-state index contributed by atoms with van der Waals surface area (Å²) in [6, 6.07) is 10.1. The van der Waals surface area contributed by atoms with Gasteiger partial charge in [0.25, 0.3) is 0 Å². The molecule has 0 spiro atoms. The van der Waals surface area contributed by atoms with Crippen molar-refractivity contribution in [1.82, 2.24) is 5.32 Å². The summed E-state index contributed by atoms with van der Waals surface area (Å²) in [6.07, 6.45) is 3.36. The lowest BCUT2D eigenvalue weighted by atomic mass is 10.2. The summed E-state index contributed by atoms with van der Waals surface area (Å²) in [5.41, 5.74) is 0.896. The van der Waals surface area contributed by atoms with Gasteiger partial charge in [-0.3, -0.25) is 4.21 Å². The molecule has 1 N–H and O–H groups in total. The molecule has 4 heteroatoms. The van der Waals surface area contributed by atoms with E-state index in [1.165, 1.54) is 0 Å². The first-order chi connectivity index (χ1) is 10.2. The van der Waals surface area contributed by atoms with Crippen molar-refractivity contribution in [3.8, 4) is 0 Å². The number of benzene rings is 1. The summed E-state index contributed by atoms with van der Waals surface area (Å²) in [5, 5.41) is 4.50. The van der Waals surface area contributed by atoms with Crippen molar-refractivity contribution < 1.29 is 8.63 Å². The summed E-state index contributed by atoms with van der Waals surface area (Å²) in [6.45, 7) is 5.07. The normalized spacial score (nSPS) is 14.4. The van der Waals surface area contributed by atoms with Crippen molar-refractivity contribution in [3.05, 3.63) is 36.1 Å². The number of para-hydroxylation sites is 1. The maximum Gasteiger partial charge on any atom is 0.134 e. The number of hydrogen-bond acceptors (Lipinski definition) is 3. The zero-order valence-electron chi connectivity index (χ0n) is 12.9. The summed E-state index contributed by atoms with van der Waals surface area (Å²) >= 11 is 0. The van der Waals surface area contributed by atoms with Gasteiger partial charge in [-0.1, -0.05) is 44.9 Å². The number of furan rings is 1. The lowest BCUT2D eigenvalue weighted by Gasteiger charge is -2.15. The highest BCUT2D eigenvalue weighted by atomic mass is 32.2. The van der Waals surface area contributed by atoms with Crippen molar-refractivity contribution in [2.45, 2.75) is 39.2 Å². The molecule has 3 nitrogen and oxygen atoms in total. The lowest BCUT2D eigenvalue weighted by molar-refractivity contribution is 0.461. The Bertz CT molecular complexity index is 546. The monoisotopic (exact) mass is 307 g/mol. The molecule has 0 radical (unpaired) electrons. The summed E-state index contributed by atoms with van der Waals surface area (Å²) < 4.78 is 18.1. The number of rotatable bonds is 9. The van der Waals surface area contributed by atoms with E-state index >= 15 is 0 Å². The Balaban J connectivity index is 2.05. The molecule has 0 saturated carbocycles. The molecule has 0 aliphatic heterocycles. The number of unbranched alkanes of at least 4 members (excludes halogenated alkanes) is 2. The third kappa shape index (κ3) is 4.68. The van der Waals surface area contributed by atoms with E-state index < -0.39 is 10.8 Å². The second kappa shape index (κ2) is 8.35. The highest BCUT2D eigenvalue weighted by Gasteiger charge is 2.18. The van der Waals surface area contributed by atoms with Crippen LogP contribution >= 0.6 is 0 Å². The Hall–Kier alpha value is -1.13. The highest BCUT2D eigenvalue weighted by Crippen LogP contribution is 2.24. The van der Waals surface area contributed by atoms with Gasteiger partial charge in [-0.2, -0.15) is 0 Å². The van der Waals surface area contributed by atoms with Crippen molar-refractivity contribution >= 4 is 21.8 Å². The van der Waals surface area contributed by atoms with Gasteiger partial charge in [0.2, 0.25) is 0 Å². The minimum atomic E-state index is -0.798. The van der Waals surface area contributed by atoms with Crippen molar-refractivity contribution in [2.24, 2.45) is 0 Å². The molecular weight excluding hydrogens is 282 g/mol. The van der Waals surface area contributed by atoms with Crippen LogP contribution in [0.5, 0.6) is 0 Å². The topological polar surface area (TPSA) is 42.2 Å². The molecule has 2 rings (SSSR count). The lowest BCUT2D eigenvalue weighted by Crippen LogP contribution is -2.26. The Morgan fingerprint density at radius 2 is 2.05 bits per heavy atom. The van der Waals surface area contributed by atoms with Gasteiger partial charge >= 0.3 is 0 Å². The minimum absolute atomic E-state index is 0.0323. The average Bonchev–Trinajstić information content (AvgIpc) is 2.91. The van der Waals surface area contributed by atoms with Crippen molar-refractivity contribution in [1.29, 1.82) is 0 Å². The molecule has 1 aromatic carbocycles. The zero-order chi connectivity index (χ0) is 15.1. The fraction of sp³-hybridized carbons (Fsp3) is 0.529. The molecule has 116 valence electrons. The first-order valence-electron chi connectivity index (χ1n) is 7.81. The maximum atomic E-state index is 12.2. The van der Waals surface area contributed by atoms with Crippen LogP contribution in [0.4, 0.5) is 0 Å². The van der Waals surface area contributed by atoms with Gasteiger partial charge in [0.05, 0.1) is 6.04 Å². The van der Waals surface area contributed by atoms with E-state index in [4.69, 9.17) is 4.42 Å². The van der Waals surface area contributed by atoms with Crippen LogP contribution in [-0.4, -0.2) is 22.3 Å². The number of hydrogen-bond donors (Lipinski definition) is 1. The first-order valence-corrected chi connectivity index (χ1v) is 9.30. The quantitative estimate of drug-likeness (QED) is 0.711. The third-order valence-electron chi connectivity index (χ3n) is 3.57.